The quantitative estimate of drug-likeness (QED) is 0.778. The van der Waals surface area contributed by atoms with E-state index in [4.69, 9.17) is 10.3 Å². The SMILES string of the molecule is Cc1sc(N)c(-c2nc(-c3ccc(F)c(F)c3)no2)c1C. The minimum atomic E-state index is -0.957. The predicted molar refractivity (Wildman–Crippen MR) is 76.8 cm³/mol. The average molecular weight is 307 g/mol. The first-order chi connectivity index (χ1) is 9.97. The van der Waals surface area contributed by atoms with Crippen molar-refractivity contribution in [3.8, 4) is 22.8 Å². The second-order valence-corrected chi connectivity index (χ2v) is 5.83. The number of benzene rings is 1. The molecule has 0 saturated heterocycles. The Morgan fingerprint density at radius 2 is 1.95 bits per heavy atom. The minimum Gasteiger partial charge on any atom is -0.390 e. The number of thiophene rings is 1. The van der Waals surface area contributed by atoms with Gasteiger partial charge in [0.2, 0.25) is 5.82 Å². The van der Waals surface area contributed by atoms with Crippen LogP contribution in [0.4, 0.5) is 13.8 Å². The van der Waals surface area contributed by atoms with Crippen molar-refractivity contribution in [1.82, 2.24) is 10.1 Å². The summed E-state index contributed by atoms with van der Waals surface area (Å²) in [6.45, 7) is 3.87. The molecule has 0 fully saturated rings. The van der Waals surface area contributed by atoms with Crippen LogP contribution in [-0.4, -0.2) is 10.1 Å². The van der Waals surface area contributed by atoms with Crippen LogP contribution in [0.25, 0.3) is 22.8 Å². The Labute approximate surface area is 123 Å². The van der Waals surface area contributed by atoms with Gasteiger partial charge in [-0.05, 0) is 37.6 Å². The Bertz CT molecular complexity index is 826. The zero-order valence-corrected chi connectivity index (χ0v) is 12.1. The van der Waals surface area contributed by atoms with Crippen LogP contribution >= 0.6 is 11.3 Å². The molecule has 7 heteroatoms. The lowest BCUT2D eigenvalue weighted by atomic mass is 10.1. The molecule has 0 amide bonds. The third kappa shape index (κ3) is 2.29. The fraction of sp³-hybridized carbons (Fsp3) is 0.143. The van der Waals surface area contributed by atoms with Crippen molar-refractivity contribution in [3.05, 3.63) is 40.3 Å². The Kier molecular flexibility index (Phi) is 3.21. The van der Waals surface area contributed by atoms with Gasteiger partial charge in [-0.1, -0.05) is 5.16 Å². The number of halogens is 2. The van der Waals surface area contributed by atoms with Gasteiger partial charge >= 0.3 is 0 Å². The van der Waals surface area contributed by atoms with Crippen LogP contribution < -0.4 is 5.73 Å². The summed E-state index contributed by atoms with van der Waals surface area (Å²) in [6.07, 6.45) is 0. The Hall–Kier alpha value is -2.28. The molecular weight excluding hydrogens is 296 g/mol. The maximum atomic E-state index is 13.2. The molecule has 2 heterocycles. The molecule has 0 unspecified atom stereocenters. The summed E-state index contributed by atoms with van der Waals surface area (Å²) >= 11 is 1.44. The first-order valence-corrected chi connectivity index (χ1v) is 6.94. The number of hydrogen-bond acceptors (Lipinski definition) is 5. The van der Waals surface area contributed by atoms with Crippen molar-refractivity contribution in [2.75, 3.05) is 5.73 Å². The van der Waals surface area contributed by atoms with E-state index in [1.165, 1.54) is 17.4 Å². The van der Waals surface area contributed by atoms with E-state index in [1.54, 1.807) is 0 Å². The molecule has 0 saturated carbocycles. The molecular formula is C14H11F2N3OS. The number of anilines is 1. The smallest absolute Gasteiger partial charge is 0.261 e. The average Bonchev–Trinajstić information content (AvgIpc) is 2.99. The molecule has 1 aromatic carbocycles. The van der Waals surface area contributed by atoms with Crippen molar-refractivity contribution in [2.24, 2.45) is 0 Å². The fourth-order valence-corrected chi connectivity index (χ4v) is 2.92. The summed E-state index contributed by atoms with van der Waals surface area (Å²) < 4.78 is 31.4. The van der Waals surface area contributed by atoms with Crippen molar-refractivity contribution in [2.45, 2.75) is 13.8 Å². The molecule has 0 atom stereocenters. The molecule has 0 bridgehead atoms. The Morgan fingerprint density at radius 3 is 2.57 bits per heavy atom. The first-order valence-electron chi connectivity index (χ1n) is 6.12. The molecule has 0 aliphatic rings. The van der Waals surface area contributed by atoms with E-state index < -0.39 is 11.6 Å². The number of rotatable bonds is 2. The van der Waals surface area contributed by atoms with Crippen LogP contribution in [-0.2, 0) is 0 Å². The van der Waals surface area contributed by atoms with Crippen molar-refractivity contribution in [3.63, 3.8) is 0 Å². The van der Waals surface area contributed by atoms with Crippen LogP contribution in [0.2, 0.25) is 0 Å². The van der Waals surface area contributed by atoms with Crippen molar-refractivity contribution in [1.29, 1.82) is 0 Å². The van der Waals surface area contributed by atoms with E-state index >= 15 is 0 Å². The van der Waals surface area contributed by atoms with Gasteiger partial charge in [0.05, 0.1) is 10.6 Å². The van der Waals surface area contributed by atoms with E-state index in [0.717, 1.165) is 22.6 Å². The number of aromatic nitrogens is 2. The van der Waals surface area contributed by atoms with Gasteiger partial charge < -0.3 is 10.3 Å². The van der Waals surface area contributed by atoms with Gasteiger partial charge in [-0.2, -0.15) is 4.98 Å². The summed E-state index contributed by atoms with van der Waals surface area (Å²) in [5.74, 6) is -1.42. The topological polar surface area (TPSA) is 64.9 Å². The van der Waals surface area contributed by atoms with E-state index in [-0.39, 0.29) is 11.7 Å². The highest BCUT2D eigenvalue weighted by Crippen LogP contribution is 2.37. The predicted octanol–water partition coefficient (Wildman–Crippen LogP) is 3.94. The van der Waals surface area contributed by atoms with Gasteiger partial charge in [-0.25, -0.2) is 8.78 Å². The van der Waals surface area contributed by atoms with Crippen LogP contribution in [0.1, 0.15) is 10.4 Å². The van der Waals surface area contributed by atoms with E-state index in [9.17, 15) is 8.78 Å². The third-order valence-electron chi connectivity index (χ3n) is 3.23. The highest BCUT2D eigenvalue weighted by molar-refractivity contribution is 7.16. The van der Waals surface area contributed by atoms with Crippen LogP contribution in [0.3, 0.4) is 0 Å². The zero-order valence-electron chi connectivity index (χ0n) is 11.3. The van der Waals surface area contributed by atoms with E-state index in [2.05, 4.69) is 10.1 Å². The molecule has 21 heavy (non-hydrogen) atoms. The maximum absolute atomic E-state index is 13.2. The third-order valence-corrected chi connectivity index (χ3v) is 4.27. The molecule has 0 radical (unpaired) electrons. The van der Waals surface area contributed by atoms with Gasteiger partial charge in [-0.15, -0.1) is 11.3 Å². The highest BCUT2D eigenvalue weighted by Gasteiger charge is 2.19. The van der Waals surface area contributed by atoms with Crippen LogP contribution in [0.5, 0.6) is 0 Å². The lowest BCUT2D eigenvalue weighted by molar-refractivity contribution is 0.432. The van der Waals surface area contributed by atoms with Gasteiger partial charge in [0.15, 0.2) is 11.6 Å². The van der Waals surface area contributed by atoms with Crippen molar-refractivity contribution >= 4 is 16.3 Å². The van der Waals surface area contributed by atoms with Crippen LogP contribution in [0, 0.1) is 25.5 Å². The minimum absolute atomic E-state index is 0.187. The maximum Gasteiger partial charge on any atom is 0.261 e. The number of nitrogens with zero attached hydrogens (tertiary/aromatic N) is 2. The number of nitrogens with two attached hydrogens (primary N) is 1. The molecule has 108 valence electrons. The molecule has 0 spiro atoms. The van der Waals surface area contributed by atoms with Gasteiger partial charge in [0.1, 0.15) is 0 Å². The summed E-state index contributed by atoms with van der Waals surface area (Å²) in [5.41, 5.74) is 7.95. The van der Waals surface area contributed by atoms with Gasteiger partial charge in [0, 0.05) is 10.4 Å². The number of nitrogen functional groups attached to an aromatic ring is 1. The summed E-state index contributed by atoms with van der Waals surface area (Å²) in [5, 5.41) is 4.39. The standard InChI is InChI=1S/C14H11F2N3OS/c1-6-7(2)21-12(17)11(6)14-18-13(19-20-14)8-3-4-9(15)10(16)5-8/h3-5H,17H2,1-2H3. The van der Waals surface area contributed by atoms with E-state index in [0.29, 0.717) is 16.1 Å². The zero-order chi connectivity index (χ0) is 15.1. The Morgan fingerprint density at radius 1 is 1.19 bits per heavy atom. The van der Waals surface area contributed by atoms with Crippen LogP contribution in [0.15, 0.2) is 22.7 Å². The summed E-state index contributed by atoms with van der Waals surface area (Å²) in [7, 11) is 0. The van der Waals surface area contributed by atoms with Gasteiger partial charge in [0.25, 0.3) is 5.89 Å². The molecule has 0 aliphatic heterocycles. The molecule has 2 N–H and O–H groups in total. The lowest BCUT2D eigenvalue weighted by Gasteiger charge is -1.96. The molecule has 0 aliphatic carbocycles. The molecule has 3 aromatic rings. The monoisotopic (exact) mass is 307 g/mol. The number of hydrogen-bond donors (Lipinski definition) is 1. The normalized spacial score (nSPS) is 11.0. The van der Waals surface area contributed by atoms with Gasteiger partial charge in [-0.3, -0.25) is 0 Å². The first kappa shape index (κ1) is 13.7. The molecule has 4 nitrogen and oxygen atoms in total. The van der Waals surface area contributed by atoms with E-state index in [1.807, 2.05) is 13.8 Å². The number of aryl methyl sites for hydroxylation is 1. The molecule has 2 aromatic heterocycles. The largest absolute Gasteiger partial charge is 0.390 e. The summed E-state index contributed by atoms with van der Waals surface area (Å²) in [6, 6.07) is 3.44. The molecule has 3 rings (SSSR count). The van der Waals surface area contributed by atoms with Crippen molar-refractivity contribution < 1.29 is 13.3 Å². The Balaban J connectivity index is 2.05. The fourth-order valence-electron chi connectivity index (χ4n) is 2.00. The second kappa shape index (κ2) is 4.92. The summed E-state index contributed by atoms with van der Waals surface area (Å²) in [4.78, 5) is 5.28. The lowest BCUT2D eigenvalue weighted by Crippen LogP contribution is -1.88. The second-order valence-electron chi connectivity index (χ2n) is 4.57. The highest BCUT2D eigenvalue weighted by atomic mass is 32.1.